The molecule has 0 spiro atoms. The highest BCUT2D eigenvalue weighted by atomic mass is 35.5. The van der Waals surface area contributed by atoms with Gasteiger partial charge in [-0.3, -0.25) is 4.79 Å². The molecule has 0 aromatic rings. The van der Waals surface area contributed by atoms with Crippen molar-refractivity contribution in [3.05, 3.63) is 0 Å². The predicted octanol–water partition coefficient (Wildman–Crippen LogP) is 2.38. The van der Waals surface area contributed by atoms with Crippen LogP contribution in [0.25, 0.3) is 0 Å². The Balaban J connectivity index is 0.00000242. The molecular formula is C17H34ClN3O. The highest BCUT2D eigenvalue weighted by Gasteiger charge is 2.34. The molecule has 0 aliphatic carbocycles. The van der Waals surface area contributed by atoms with Gasteiger partial charge in [0.1, 0.15) is 0 Å². The lowest BCUT2D eigenvalue weighted by atomic mass is 9.89. The van der Waals surface area contributed by atoms with Crippen LogP contribution in [0.3, 0.4) is 0 Å². The molecule has 5 heteroatoms. The largest absolute Gasteiger partial charge is 0.341 e. The summed E-state index contributed by atoms with van der Waals surface area (Å²) in [6.45, 7) is 7.10. The van der Waals surface area contributed by atoms with Crippen molar-refractivity contribution in [3.63, 3.8) is 0 Å². The predicted molar refractivity (Wildman–Crippen MR) is 94.5 cm³/mol. The van der Waals surface area contributed by atoms with Gasteiger partial charge in [-0.2, -0.15) is 0 Å². The zero-order chi connectivity index (χ0) is 15.4. The molecule has 2 aliphatic heterocycles. The van der Waals surface area contributed by atoms with Crippen LogP contribution in [0.15, 0.2) is 0 Å². The van der Waals surface area contributed by atoms with E-state index in [2.05, 4.69) is 43.1 Å². The average molecular weight is 332 g/mol. The molecule has 2 unspecified atom stereocenters. The fraction of sp³-hybridized carbons (Fsp3) is 0.941. The van der Waals surface area contributed by atoms with Crippen LogP contribution >= 0.6 is 12.4 Å². The van der Waals surface area contributed by atoms with E-state index in [0.717, 1.165) is 26.1 Å². The van der Waals surface area contributed by atoms with E-state index in [1.807, 2.05) is 0 Å². The Morgan fingerprint density at radius 2 is 1.73 bits per heavy atom. The van der Waals surface area contributed by atoms with Crippen molar-refractivity contribution in [2.24, 2.45) is 11.8 Å². The zero-order valence-electron chi connectivity index (χ0n) is 14.7. The van der Waals surface area contributed by atoms with Crippen LogP contribution in [0.1, 0.15) is 46.0 Å². The number of rotatable bonds is 7. The Morgan fingerprint density at radius 3 is 2.23 bits per heavy atom. The molecule has 2 aliphatic rings. The summed E-state index contributed by atoms with van der Waals surface area (Å²) in [5.74, 6) is 1.52. The molecule has 1 N–H and O–H groups in total. The Hall–Kier alpha value is -0.320. The summed E-state index contributed by atoms with van der Waals surface area (Å²) in [5, 5.41) is 3.66. The van der Waals surface area contributed by atoms with E-state index < -0.39 is 0 Å². The van der Waals surface area contributed by atoms with Gasteiger partial charge in [0.25, 0.3) is 0 Å². The van der Waals surface area contributed by atoms with Crippen LogP contribution in [0.4, 0.5) is 0 Å². The molecule has 2 rings (SSSR count). The van der Waals surface area contributed by atoms with Crippen LogP contribution in [-0.4, -0.2) is 61.5 Å². The third-order valence-corrected chi connectivity index (χ3v) is 4.79. The number of halogens is 1. The SMILES string of the molecule is CC(C)CN(CCN(C)C)C(=O)CC1CC2CCC(C1)N2.Cl. The van der Waals surface area contributed by atoms with Gasteiger partial charge in [-0.25, -0.2) is 0 Å². The molecule has 2 bridgehead atoms. The number of nitrogens with one attached hydrogen (secondary N) is 1. The van der Waals surface area contributed by atoms with Crippen molar-refractivity contribution >= 4 is 18.3 Å². The number of fused-ring (bicyclic) bond motifs is 2. The summed E-state index contributed by atoms with van der Waals surface area (Å²) >= 11 is 0. The van der Waals surface area contributed by atoms with Crippen LogP contribution < -0.4 is 5.32 Å². The number of nitrogens with zero attached hydrogens (tertiary/aromatic N) is 2. The van der Waals surface area contributed by atoms with Crippen LogP contribution in [0.2, 0.25) is 0 Å². The molecular weight excluding hydrogens is 298 g/mol. The Kier molecular flexibility index (Phi) is 8.15. The first kappa shape index (κ1) is 19.7. The minimum absolute atomic E-state index is 0. The number of hydrogen-bond acceptors (Lipinski definition) is 3. The maximum atomic E-state index is 12.7. The van der Waals surface area contributed by atoms with Gasteiger partial charge in [-0.05, 0) is 51.6 Å². The van der Waals surface area contributed by atoms with Gasteiger partial charge in [-0.1, -0.05) is 13.8 Å². The van der Waals surface area contributed by atoms with Gasteiger partial charge >= 0.3 is 0 Å². The summed E-state index contributed by atoms with van der Waals surface area (Å²) in [7, 11) is 4.14. The second-order valence-electron chi connectivity index (χ2n) is 7.72. The van der Waals surface area contributed by atoms with Gasteiger partial charge < -0.3 is 15.1 Å². The van der Waals surface area contributed by atoms with E-state index in [0.29, 0.717) is 29.8 Å². The molecule has 0 aromatic carbocycles. The standard InChI is InChI=1S/C17H33N3O.ClH/c1-13(2)12-20(8-7-19(3)4)17(21)11-14-9-15-5-6-16(10-14)18-15;/h13-16,18H,5-12H2,1-4H3;1H. The van der Waals surface area contributed by atoms with Crippen molar-refractivity contribution in [2.45, 2.75) is 58.0 Å². The maximum absolute atomic E-state index is 12.7. The first-order valence-corrected chi connectivity index (χ1v) is 8.62. The summed E-state index contributed by atoms with van der Waals surface area (Å²) in [6, 6.07) is 1.36. The van der Waals surface area contributed by atoms with Crippen molar-refractivity contribution in [2.75, 3.05) is 33.7 Å². The third kappa shape index (κ3) is 6.05. The summed E-state index contributed by atoms with van der Waals surface area (Å²) < 4.78 is 0. The van der Waals surface area contributed by atoms with Gasteiger partial charge in [-0.15, -0.1) is 12.4 Å². The zero-order valence-corrected chi connectivity index (χ0v) is 15.5. The molecule has 2 atom stereocenters. The fourth-order valence-corrected chi connectivity index (χ4v) is 3.80. The molecule has 2 saturated heterocycles. The number of likely N-dealkylation sites (N-methyl/N-ethyl adjacent to an activating group) is 1. The monoisotopic (exact) mass is 331 g/mol. The number of hydrogen-bond donors (Lipinski definition) is 1. The van der Waals surface area contributed by atoms with Gasteiger partial charge in [0.2, 0.25) is 5.91 Å². The smallest absolute Gasteiger partial charge is 0.222 e. The first-order chi connectivity index (χ1) is 9.94. The Labute approximate surface area is 142 Å². The van der Waals surface area contributed by atoms with E-state index in [1.54, 1.807) is 0 Å². The number of amides is 1. The number of carbonyl (C=O) groups excluding carboxylic acids is 1. The molecule has 2 fully saturated rings. The molecule has 0 radical (unpaired) electrons. The van der Waals surface area contributed by atoms with Crippen LogP contribution in [0.5, 0.6) is 0 Å². The highest BCUT2D eigenvalue weighted by Crippen LogP contribution is 2.33. The van der Waals surface area contributed by atoms with Gasteiger partial charge in [0, 0.05) is 38.1 Å². The maximum Gasteiger partial charge on any atom is 0.222 e. The molecule has 1 amide bonds. The van der Waals surface area contributed by atoms with E-state index >= 15 is 0 Å². The van der Waals surface area contributed by atoms with E-state index in [4.69, 9.17) is 0 Å². The van der Waals surface area contributed by atoms with Crippen molar-refractivity contribution in [1.82, 2.24) is 15.1 Å². The lowest BCUT2D eigenvalue weighted by Gasteiger charge is -2.32. The second kappa shape index (κ2) is 9.09. The minimum atomic E-state index is 0. The lowest BCUT2D eigenvalue weighted by Crippen LogP contribution is -2.42. The van der Waals surface area contributed by atoms with E-state index in [1.165, 1.54) is 25.7 Å². The Bertz CT molecular complexity index is 337. The van der Waals surface area contributed by atoms with Crippen LogP contribution in [-0.2, 0) is 4.79 Å². The normalized spacial score (nSPS) is 27.1. The molecule has 2 heterocycles. The molecule has 130 valence electrons. The molecule has 0 saturated carbocycles. The van der Waals surface area contributed by atoms with Crippen molar-refractivity contribution in [1.29, 1.82) is 0 Å². The molecule has 22 heavy (non-hydrogen) atoms. The third-order valence-electron chi connectivity index (χ3n) is 4.79. The summed E-state index contributed by atoms with van der Waals surface area (Å²) in [4.78, 5) is 16.9. The summed E-state index contributed by atoms with van der Waals surface area (Å²) in [5.41, 5.74) is 0. The van der Waals surface area contributed by atoms with E-state index in [9.17, 15) is 4.79 Å². The molecule has 0 aromatic heterocycles. The highest BCUT2D eigenvalue weighted by molar-refractivity contribution is 5.85. The summed E-state index contributed by atoms with van der Waals surface area (Å²) in [6.07, 6.45) is 5.78. The first-order valence-electron chi connectivity index (χ1n) is 8.62. The lowest BCUT2D eigenvalue weighted by molar-refractivity contribution is -0.133. The number of carbonyl (C=O) groups is 1. The topological polar surface area (TPSA) is 35.6 Å². The van der Waals surface area contributed by atoms with Gasteiger partial charge in [0.15, 0.2) is 0 Å². The fourth-order valence-electron chi connectivity index (χ4n) is 3.80. The minimum Gasteiger partial charge on any atom is -0.341 e. The van der Waals surface area contributed by atoms with Crippen LogP contribution in [0, 0.1) is 11.8 Å². The van der Waals surface area contributed by atoms with E-state index in [-0.39, 0.29) is 12.4 Å². The Morgan fingerprint density at radius 1 is 1.14 bits per heavy atom. The van der Waals surface area contributed by atoms with Gasteiger partial charge in [0.05, 0.1) is 0 Å². The second-order valence-corrected chi connectivity index (χ2v) is 7.72. The number of piperidine rings is 1. The quantitative estimate of drug-likeness (QED) is 0.778. The average Bonchev–Trinajstić information content (AvgIpc) is 2.73. The van der Waals surface area contributed by atoms with Crippen molar-refractivity contribution in [3.8, 4) is 0 Å². The molecule has 4 nitrogen and oxygen atoms in total. The van der Waals surface area contributed by atoms with Crippen molar-refractivity contribution < 1.29 is 4.79 Å².